The van der Waals surface area contributed by atoms with Crippen molar-refractivity contribution in [3.05, 3.63) is 137 Å². The van der Waals surface area contributed by atoms with Gasteiger partial charge in [0.15, 0.2) is 0 Å². The molecule has 40 heavy (non-hydrogen) atoms. The Morgan fingerprint density at radius 3 is 1.85 bits per heavy atom. The van der Waals surface area contributed by atoms with Crippen molar-refractivity contribution in [1.82, 2.24) is 0 Å². The summed E-state index contributed by atoms with van der Waals surface area (Å²) in [4.78, 5) is 43.4. The van der Waals surface area contributed by atoms with Crippen molar-refractivity contribution in [1.29, 1.82) is 0 Å². The lowest BCUT2D eigenvalue weighted by Crippen LogP contribution is -2.30. The Hall–Kier alpha value is -5.18. The highest BCUT2D eigenvalue weighted by Gasteiger charge is 2.36. The van der Waals surface area contributed by atoms with Gasteiger partial charge in [0.05, 0.1) is 11.4 Å². The van der Waals surface area contributed by atoms with Crippen molar-refractivity contribution >= 4 is 34.5 Å². The second-order valence-corrected chi connectivity index (χ2v) is 9.16. The number of Topliss-reactive ketones (excluding diaryl/α,β-unsaturated/α-hetero) is 2. The van der Waals surface area contributed by atoms with Crippen LogP contribution in [-0.4, -0.2) is 31.6 Å². The number of benzene rings is 4. The lowest BCUT2D eigenvalue weighted by atomic mass is 9.95. The summed E-state index contributed by atoms with van der Waals surface area (Å²) in [7, 11) is 3.30. The van der Waals surface area contributed by atoms with E-state index in [9.17, 15) is 27.6 Å². The molecule has 0 atom stereocenters. The monoisotopic (exact) mass is 541 g/mol. The van der Waals surface area contributed by atoms with Gasteiger partial charge in [-0.05, 0) is 54.6 Å². The number of nitrogens with one attached hydrogen (secondary N) is 1. The van der Waals surface area contributed by atoms with Crippen LogP contribution in [0.2, 0.25) is 0 Å². The Balaban J connectivity index is 1.58. The molecule has 4 aromatic carbocycles. The first-order valence-corrected chi connectivity index (χ1v) is 12.2. The summed E-state index contributed by atoms with van der Waals surface area (Å²) in [5, 5.41) is 2.76. The number of anilines is 3. The maximum Gasteiger partial charge on any atom is 0.255 e. The van der Waals surface area contributed by atoms with Gasteiger partial charge in [-0.15, -0.1) is 0 Å². The molecule has 0 saturated heterocycles. The van der Waals surface area contributed by atoms with Crippen LogP contribution >= 0.6 is 0 Å². The fraction of sp³-hybridized carbons (Fsp3) is 0.0645. The molecule has 0 unspecified atom stereocenters. The van der Waals surface area contributed by atoms with E-state index in [2.05, 4.69) is 5.32 Å². The standard InChI is InChI=1S/C31H22F3N3O3/c1-36-25-13-12-24(35-30(40)19-8-10-21(32)11-9-19)17-26(25)37(2)31(36)27(28(38)18-6-4-3-5-7-18)29(39)20-14-22(33)16-23(34)15-20/h3-17H,1-2H3,(H,35,40)/b31-27-. The topological polar surface area (TPSA) is 69.7 Å². The van der Waals surface area contributed by atoms with Crippen LogP contribution in [-0.2, 0) is 0 Å². The fourth-order valence-electron chi connectivity index (χ4n) is 4.62. The Morgan fingerprint density at radius 2 is 1.20 bits per heavy atom. The highest BCUT2D eigenvalue weighted by Crippen LogP contribution is 2.43. The lowest BCUT2D eigenvalue weighted by Gasteiger charge is -2.22. The summed E-state index contributed by atoms with van der Waals surface area (Å²) in [6, 6.07) is 20.6. The molecule has 0 saturated carbocycles. The number of carbonyl (C=O) groups is 3. The van der Waals surface area contributed by atoms with Gasteiger partial charge in [0.25, 0.3) is 5.91 Å². The molecule has 200 valence electrons. The summed E-state index contributed by atoms with van der Waals surface area (Å²) in [5.41, 5.74) is 1.49. The Morgan fingerprint density at radius 1 is 0.600 bits per heavy atom. The second-order valence-electron chi connectivity index (χ2n) is 9.16. The lowest BCUT2D eigenvalue weighted by molar-refractivity contribution is 0.0957. The van der Waals surface area contributed by atoms with E-state index in [1.54, 1.807) is 72.4 Å². The van der Waals surface area contributed by atoms with E-state index in [1.165, 1.54) is 24.3 Å². The quantitative estimate of drug-likeness (QED) is 0.136. The average molecular weight is 542 g/mol. The Bertz CT molecular complexity index is 1670. The van der Waals surface area contributed by atoms with Crippen molar-refractivity contribution in [2.24, 2.45) is 0 Å². The molecule has 1 aliphatic rings. The third-order valence-corrected chi connectivity index (χ3v) is 6.54. The minimum absolute atomic E-state index is 0.195. The second kappa shape index (κ2) is 10.5. The van der Waals surface area contributed by atoms with E-state index < -0.39 is 34.9 Å². The van der Waals surface area contributed by atoms with Gasteiger partial charge in [-0.3, -0.25) is 14.4 Å². The first kappa shape index (κ1) is 26.4. The predicted molar refractivity (Wildman–Crippen MR) is 146 cm³/mol. The maximum absolute atomic E-state index is 14.0. The molecule has 1 N–H and O–H groups in total. The number of rotatable bonds is 6. The van der Waals surface area contributed by atoms with E-state index in [-0.39, 0.29) is 28.1 Å². The molecule has 0 radical (unpaired) electrons. The van der Waals surface area contributed by atoms with Crippen molar-refractivity contribution in [3.63, 3.8) is 0 Å². The van der Waals surface area contributed by atoms with Gasteiger partial charge in [-0.1, -0.05) is 30.3 Å². The van der Waals surface area contributed by atoms with Crippen LogP contribution in [0, 0.1) is 17.5 Å². The van der Waals surface area contributed by atoms with E-state index in [0.29, 0.717) is 23.1 Å². The number of allylic oxidation sites excluding steroid dienone is 1. The highest BCUT2D eigenvalue weighted by molar-refractivity contribution is 6.32. The molecule has 0 aromatic heterocycles. The Kier molecular flexibility index (Phi) is 6.96. The zero-order valence-corrected chi connectivity index (χ0v) is 21.4. The molecule has 0 spiro atoms. The number of hydrogen-bond donors (Lipinski definition) is 1. The van der Waals surface area contributed by atoms with Gasteiger partial charge in [0.2, 0.25) is 11.6 Å². The summed E-state index contributed by atoms with van der Waals surface area (Å²) in [6.07, 6.45) is 0. The van der Waals surface area contributed by atoms with Crippen LogP contribution in [0.4, 0.5) is 30.2 Å². The largest absolute Gasteiger partial charge is 0.328 e. The van der Waals surface area contributed by atoms with Gasteiger partial charge >= 0.3 is 0 Å². The third-order valence-electron chi connectivity index (χ3n) is 6.54. The molecule has 4 aromatic rings. The minimum atomic E-state index is -0.946. The zero-order chi connectivity index (χ0) is 28.6. The summed E-state index contributed by atoms with van der Waals surface area (Å²) >= 11 is 0. The van der Waals surface area contributed by atoms with Crippen molar-refractivity contribution in [2.75, 3.05) is 29.2 Å². The fourth-order valence-corrected chi connectivity index (χ4v) is 4.62. The normalized spacial score (nSPS) is 13.6. The first-order chi connectivity index (χ1) is 19.1. The van der Waals surface area contributed by atoms with Crippen LogP contribution in [0.5, 0.6) is 0 Å². The van der Waals surface area contributed by atoms with Crippen molar-refractivity contribution in [3.8, 4) is 0 Å². The Labute approximate surface area is 228 Å². The third kappa shape index (κ3) is 4.96. The van der Waals surface area contributed by atoms with Crippen LogP contribution in [0.1, 0.15) is 31.1 Å². The van der Waals surface area contributed by atoms with Crippen molar-refractivity contribution in [2.45, 2.75) is 0 Å². The van der Waals surface area contributed by atoms with Crippen molar-refractivity contribution < 1.29 is 27.6 Å². The van der Waals surface area contributed by atoms with Gasteiger partial charge in [0, 0.05) is 42.5 Å². The van der Waals surface area contributed by atoms with Crippen LogP contribution in [0.15, 0.2) is 102 Å². The smallest absolute Gasteiger partial charge is 0.255 e. The zero-order valence-electron chi connectivity index (χ0n) is 21.4. The molecule has 0 fully saturated rings. The van der Waals surface area contributed by atoms with E-state index >= 15 is 0 Å². The number of hydrogen-bond acceptors (Lipinski definition) is 5. The van der Waals surface area contributed by atoms with Gasteiger partial charge in [-0.2, -0.15) is 0 Å². The molecule has 1 amide bonds. The highest BCUT2D eigenvalue weighted by atomic mass is 19.1. The molecule has 9 heteroatoms. The number of nitrogens with zero attached hydrogens (tertiary/aromatic N) is 2. The number of carbonyl (C=O) groups excluding carboxylic acids is 3. The maximum atomic E-state index is 14.0. The number of amides is 1. The minimum Gasteiger partial charge on any atom is -0.328 e. The van der Waals surface area contributed by atoms with Gasteiger partial charge in [-0.25, -0.2) is 13.2 Å². The molecular weight excluding hydrogens is 519 g/mol. The molecule has 5 rings (SSSR count). The number of ketones is 2. The van der Waals surface area contributed by atoms with Gasteiger partial charge < -0.3 is 15.1 Å². The van der Waals surface area contributed by atoms with E-state index in [0.717, 1.165) is 12.1 Å². The van der Waals surface area contributed by atoms with Gasteiger partial charge in [0.1, 0.15) is 28.8 Å². The summed E-state index contributed by atoms with van der Waals surface area (Å²) in [5.74, 6) is -4.08. The number of fused-ring (bicyclic) bond motifs is 1. The van der Waals surface area contributed by atoms with E-state index in [4.69, 9.17) is 0 Å². The van der Waals surface area contributed by atoms with Crippen LogP contribution in [0.3, 0.4) is 0 Å². The van der Waals surface area contributed by atoms with Crippen LogP contribution < -0.4 is 15.1 Å². The molecule has 6 nitrogen and oxygen atoms in total. The molecular formula is C31H22F3N3O3. The van der Waals surface area contributed by atoms with Crippen LogP contribution in [0.25, 0.3) is 0 Å². The SMILES string of the molecule is CN1/C(=C(\C(=O)c2ccccc2)C(=O)c2cc(F)cc(F)c2)N(C)c2cc(NC(=O)c3ccc(F)cc3)ccc21. The molecule has 0 aliphatic carbocycles. The average Bonchev–Trinajstić information content (AvgIpc) is 3.18. The molecule has 1 aliphatic heterocycles. The molecule has 0 bridgehead atoms. The van der Waals surface area contributed by atoms with E-state index in [1.807, 2.05) is 0 Å². The number of halogens is 3. The predicted octanol–water partition coefficient (Wildman–Crippen LogP) is 6.22. The summed E-state index contributed by atoms with van der Waals surface area (Å²) < 4.78 is 41.3. The summed E-state index contributed by atoms with van der Waals surface area (Å²) in [6.45, 7) is 0. The molecule has 1 heterocycles. The first-order valence-electron chi connectivity index (χ1n) is 12.2.